The fourth-order valence-corrected chi connectivity index (χ4v) is 5.10. The van der Waals surface area contributed by atoms with Crippen LogP contribution in [0.25, 0.3) is 11.3 Å². The smallest absolute Gasteiger partial charge is 0.334 e. The molecule has 4 aromatic rings. The Labute approximate surface area is 231 Å². The van der Waals surface area contributed by atoms with Crippen LogP contribution in [0.4, 0.5) is 30.6 Å². The number of amides is 2. The molecule has 1 aliphatic rings. The third-order valence-corrected chi connectivity index (χ3v) is 7.05. The lowest BCUT2D eigenvalue weighted by Crippen LogP contribution is -2.46. The molecule has 0 N–H and O–H groups in total. The minimum atomic E-state index is -0.968. The van der Waals surface area contributed by atoms with Crippen molar-refractivity contribution in [2.24, 2.45) is 7.05 Å². The summed E-state index contributed by atoms with van der Waals surface area (Å²) in [4.78, 5) is 21.3. The number of benzene rings is 2. The van der Waals surface area contributed by atoms with Gasteiger partial charge in [-0.05, 0) is 61.7 Å². The van der Waals surface area contributed by atoms with Crippen molar-refractivity contribution in [3.63, 3.8) is 0 Å². The maximum Gasteiger partial charge on any atom is 0.334 e. The molecular weight excluding hydrogens is 514 g/mol. The second kappa shape index (κ2) is 10.4. The lowest BCUT2D eigenvalue weighted by atomic mass is 10.0. The Balaban J connectivity index is 1.74. The van der Waals surface area contributed by atoms with Gasteiger partial charge in [-0.3, -0.25) is 19.5 Å². The number of methoxy groups -OCH3 is 1. The Morgan fingerprint density at radius 2 is 1.93 bits per heavy atom. The van der Waals surface area contributed by atoms with Gasteiger partial charge in [0.25, 0.3) is 0 Å². The van der Waals surface area contributed by atoms with Crippen LogP contribution in [0.5, 0.6) is 5.75 Å². The van der Waals surface area contributed by atoms with E-state index in [4.69, 9.17) is 4.74 Å². The van der Waals surface area contributed by atoms with Crippen LogP contribution >= 0.6 is 0 Å². The fourth-order valence-electron chi connectivity index (χ4n) is 5.10. The van der Waals surface area contributed by atoms with Crippen molar-refractivity contribution in [3.05, 3.63) is 82.3 Å². The maximum atomic E-state index is 15.5. The van der Waals surface area contributed by atoms with E-state index in [-0.39, 0.29) is 17.9 Å². The van der Waals surface area contributed by atoms with E-state index >= 15 is 8.78 Å². The molecule has 0 spiro atoms. The largest absolute Gasteiger partial charge is 0.494 e. The van der Waals surface area contributed by atoms with Crippen molar-refractivity contribution in [3.8, 4) is 23.1 Å². The number of aryl methyl sites for hydroxylation is 4. The highest BCUT2D eigenvalue weighted by Gasteiger charge is 2.37. The maximum absolute atomic E-state index is 15.5. The van der Waals surface area contributed by atoms with Crippen molar-refractivity contribution in [2.45, 2.75) is 40.2 Å². The summed E-state index contributed by atoms with van der Waals surface area (Å²) in [5.74, 6) is -1.98. The molecule has 0 saturated heterocycles. The van der Waals surface area contributed by atoms with Crippen molar-refractivity contribution >= 4 is 23.1 Å². The van der Waals surface area contributed by atoms with Crippen LogP contribution in [-0.2, 0) is 20.0 Å². The average Bonchev–Trinajstić information content (AvgIpc) is 3.28. The number of ether oxygens (including phenoxy) is 1. The molecule has 40 heavy (non-hydrogen) atoms. The summed E-state index contributed by atoms with van der Waals surface area (Å²) >= 11 is 0. The third-order valence-electron chi connectivity index (χ3n) is 7.05. The van der Waals surface area contributed by atoms with E-state index in [0.717, 1.165) is 28.1 Å². The molecule has 1 aliphatic heterocycles. The molecule has 0 aliphatic carbocycles. The second-order valence-corrected chi connectivity index (χ2v) is 9.78. The van der Waals surface area contributed by atoms with Crippen LogP contribution in [0.2, 0.25) is 0 Å². The molecular formula is C30H28F2N6O2. The summed E-state index contributed by atoms with van der Waals surface area (Å²) < 4.78 is 37.8. The van der Waals surface area contributed by atoms with Crippen molar-refractivity contribution in [1.29, 1.82) is 5.26 Å². The van der Waals surface area contributed by atoms with E-state index in [1.165, 1.54) is 25.0 Å². The van der Waals surface area contributed by atoms with E-state index in [2.05, 4.69) is 16.2 Å². The highest BCUT2D eigenvalue weighted by molar-refractivity contribution is 6.11. The Kier molecular flexibility index (Phi) is 6.98. The van der Waals surface area contributed by atoms with E-state index in [9.17, 15) is 10.1 Å². The van der Waals surface area contributed by atoms with E-state index in [1.807, 2.05) is 27.1 Å². The molecule has 8 nitrogen and oxygen atoms in total. The Morgan fingerprint density at radius 3 is 2.58 bits per heavy atom. The number of hydrogen-bond acceptors (Lipinski definition) is 5. The number of urea groups is 1. The summed E-state index contributed by atoms with van der Waals surface area (Å²) in [6.45, 7) is 5.25. The highest BCUT2D eigenvalue weighted by atomic mass is 19.1. The summed E-state index contributed by atoms with van der Waals surface area (Å²) in [5, 5.41) is 14.0. The van der Waals surface area contributed by atoms with Crippen LogP contribution in [0.15, 0.2) is 42.7 Å². The molecule has 2 amide bonds. The number of aromatic nitrogens is 3. The number of nitrogens with zero attached hydrogens (tertiary/aromatic N) is 6. The van der Waals surface area contributed by atoms with Gasteiger partial charge in [-0.1, -0.05) is 13.3 Å². The normalized spacial score (nSPS) is 12.9. The summed E-state index contributed by atoms with van der Waals surface area (Å²) in [5.41, 5.74) is 4.70. The first-order chi connectivity index (χ1) is 19.2. The summed E-state index contributed by atoms with van der Waals surface area (Å²) in [6.07, 6.45) is 4.88. The predicted molar refractivity (Wildman–Crippen MR) is 148 cm³/mol. The van der Waals surface area contributed by atoms with Gasteiger partial charge in [-0.25, -0.2) is 13.6 Å². The zero-order chi connectivity index (χ0) is 28.7. The van der Waals surface area contributed by atoms with Crippen molar-refractivity contribution in [2.75, 3.05) is 16.9 Å². The van der Waals surface area contributed by atoms with Crippen LogP contribution in [0, 0.1) is 36.8 Å². The Morgan fingerprint density at radius 1 is 1.15 bits per heavy atom. The number of nitriles is 1. The summed E-state index contributed by atoms with van der Waals surface area (Å²) in [7, 11) is 3.10. The number of anilines is 3. The molecule has 0 saturated carbocycles. The number of fused-ring (bicyclic) bond motifs is 1. The third kappa shape index (κ3) is 4.43. The van der Waals surface area contributed by atoms with Gasteiger partial charge in [0.2, 0.25) is 0 Å². The monoisotopic (exact) mass is 542 g/mol. The van der Waals surface area contributed by atoms with Gasteiger partial charge >= 0.3 is 6.03 Å². The van der Waals surface area contributed by atoms with Gasteiger partial charge in [0.05, 0.1) is 48.0 Å². The number of pyridine rings is 1. The highest BCUT2D eigenvalue weighted by Crippen LogP contribution is 2.42. The molecule has 0 bridgehead atoms. The zero-order valence-corrected chi connectivity index (χ0v) is 22.9. The van der Waals surface area contributed by atoms with Gasteiger partial charge in [-0.15, -0.1) is 0 Å². The molecule has 2 aromatic heterocycles. The number of halogens is 2. The van der Waals surface area contributed by atoms with E-state index in [1.54, 1.807) is 35.1 Å². The quantitative estimate of drug-likeness (QED) is 0.278. The lowest BCUT2D eigenvalue weighted by Gasteiger charge is -2.37. The van der Waals surface area contributed by atoms with Crippen LogP contribution in [0.3, 0.4) is 0 Å². The number of hydrogen-bond donors (Lipinski definition) is 0. The van der Waals surface area contributed by atoms with E-state index in [0.29, 0.717) is 34.6 Å². The minimum absolute atomic E-state index is 0.109. The zero-order valence-electron chi connectivity index (χ0n) is 22.9. The minimum Gasteiger partial charge on any atom is -0.494 e. The van der Waals surface area contributed by atoms with Crippen LogP contribution in [-0.4, -0.2) is 27.9 Å². The van der Waals surface area contributed by atoms with Crippen molar-refractivity contribution in [1.82, 2.24) is 14.8 Å². The van der Waals surface area contributed by atoms with Crippen LogP contribution in [0.1, 0.15) is 41.3 Å². The molecule has 0 unspecified atom stereocenters. The first-order valence-corrected chi connectivity index (χ1v) is 12.8. The predicted octanol–water partition coefficient (Wildman–Crippen LogP) is 6.49. The first-order valence-electron chi connectivity index (χ1n) is 12.8. The molecule has 2 aromatic carbocycles. The molecule has 204 valence electrons. The standard InChI is InChI=1S/C30H28F2N6O2/c1-6-7-19-11-22(9-8-20(19)13-33)38-25-12-24(23-16-36(4)35-18(23)3)34-14-21(25)15-37(30(38)39)29-27(31)17(2)10-26(40-5)28(29)32/h8-12,14,16H,6-7,15H2,1-5H3. The molecule has 0 atom stereocenters. The fraction of sp³-hybridized carbons (Fsp3) is 0.267. The topological polar surface area (TPSA) is 87.3 Å². The Bertz CT molecular complexity index is 1690. The number of carbonyl (C=O) groups excluding carboxylic acids is 1. The van der Waals surface area contributed by atoms with Gasteiger partial charge in [0, 0.05) is 30.6 Å². The molecule has 5 rings (SSSR count). The average molecular weight is 543 g/mol. The van der Waals surface area contributed by atoms with Gasteiger partial charge in [0.1, 0.15) is 5.69 Å². The number of carbonyl (C=O) groups is 1. The second-order valence-electron chi connectivity index (χ2n) is 9.78. The van der Waals surface area contributed by atoms with Crippen LogP contribution < -0.4 is 14.5 Å². The van der Waals surface area contributed by atoms with E-state index < -0.39 is 23.4 Å². The number of rotatable bonds is 6. The molecule has 0 fully saturated rings. The van der Waals surface area contributed by atoms with Crippen molar-refractivity contribution < 1.29 is 18.3 Å². The Hall–Kier alpha value is -4.78. The first kappa shape index (κ1) is 26.8. The van der Waals surface area contributed by atoms with Gasteiger partial charge in [-0.2, -0.15) is 10.4 Å². The molecule has 0 radical (unpaired) electrons. The lowest BCUT2D eigenvalue weighted by molar-refractivity contribution is 0.251. The summed E-state index contributed by atoms with van der Waals surface area (Å²) in [6, 6.07) is 9.72. The van der Waals surface area contributed by atoms with Gasteiger partial charge in [0.15, 0.2) is 17.4 Å². The molecule has 3 heterocycles. The SMILES string of the molecule is CCCc1cc(N2C(=O)N(c3c(F)c(C)cc(OC)c3F)Cc3cnc(-c4cn(C)nc4C)cc32)ccc1C#N. The molecule has 10 heteroatoms. The van der Waals surface area contributed by atoms with Gasteiger partial charge < -0.3 is 4.74 Å².